The smallest absolute Gasteiger partial charge is 0.410 e. The maximum Gasteiger partial charge on any atom is 0.410 e. The normalized spacial score (nSPS) is 22.8. The maximum absolute atomic E-state index is 13.3. The maximum atomic E-state index is 13.3. The van der Waals surface area contributed by atoms with E-state index in [1.165, 1.54) is 4.90 Å². The first kappa shape index (κ1) is 12.0. The number of halogens is 1. The molecule has 0 aromatic carbocycles. The molecule has 86 valence electrons. The van der Waals surface area contributed by atoms with Gasteiger partial charge >= 0.3 is 6.09 Å². The average Bonchev–Trinajstić information content (AvgIpc) is 2.06. The van der Waals surface area contributed by atoms with Crippen molar-refractivity contribution in [3.8, 4) is 0 Å². The van der Waals surface area contributed by atoms with Gasteiger partial charge in [0.15, 0.2) is 0 Å². The number of hydrogen-bond donors (Lipinski definition) is 0. The molecule has 1 aliphatic rings. The molecular formula is C11H18FNO2. The molecule has 15 heavy (non-hydrogen) atoms. The molecule has 0 spiro atoms. The van der Waals surface area contributed by atoms with Gasteiger partial charge in [-0.25, -0.2) is 9.18 Å². The summed E-state index contributed by atoms with van der Waals surface area (Å²) < 4.78 is 18.4. The summed E-state index contributed by atoms with van der Waals surface area (Å²) in [5.74, 6) is 0. The van der Waals surface area contributed by atoms with Crippen molar-refractivity contribution in [1.29, 1.82) is 0 Å². The summed E-state index contributed by atoms with van der Waals surface area (Å²) in [4.78, 5) is 13.0. The van der Waals surface area contributed by atoms with Crippen LogP contribution in [0.4, 0.5) is 9.18 Å². The SMILES string of the molecule is C=C1CCN(C(=O)OC(C)(C)C)C[C@H]1F. The minimum absolute atomic E-state index is 0.0632. The van der Waals surface area contributed by atoms with Crippen LogP contribution in [0.5, 0.6) is 0 Å². The van der Waals surface area contributed by atoms with Crippen LogP contribution >= 0.6 is 0 Å². The summed E-state index contributed by atoms with van der Waals surface area (Å²) in [7, 11) is 0. The lowest BCUT2D eigenvalue weighted by Gasteiger charge is -2.32. The van der Waals surface area contributed by atoms with E-state index in [2.05, 4.69) is 6.58 Å². The third-order valence-corrected chi connectivity index (χ3v) is 2.18. The predicted octanol–water partition coefficient (Wildman–Crippen LogP) is 2.52. The molecule has 0 aliphatic carbocycles. The standard InChI is InChI=1S/C11H18FNO2/c1-8-5-6-13(7-9(8)12)10(14)15-11(2,3)4/h9H,1,5-7H2,2-4H3/t9-/m1/s1. The minimum Gasteiger partial charge on any atom is -0.444 e. The number of rotatable bonds is 0. The van der Waals surface area contributed by atoms with E-state index in [9.17, 15) is 9.18 Å². The first-order valence-electron chi connectivity index (χ1n) is 5.09. The van der Waals surface area contributed by atoms with Gasteiger partial charge in [-0.2, -0.15) is 0 Å². The lowest BCUT2D eigenvalue weighted by molar-refractivity contribution is 0.0185. The van der Waals surface area contributed by atoms with Gasteiger partial charge in [0.05, 0.1) is 6.54 Å². The van der Waals surface area contributed by atoms with E-state index in [-0.39, 0.29) is 6.54 Å². The second-order valence-electron chi connectivity index (χ2n) is 4.80. The van der Waals surface area contributed by atoms with Crippen LogP contribution in [-0.4, -0.2) is 35.9 Å². The molecule has 0 radical (unpaired) electrons. The monoisotopic (exact) mass is 215 g/mol. The number of carbonyl (C=O) groups excluding carboxylic acids is 1. The quantitative estimate of drug-likeness (QED) is 0.581. The first-order chi connectivity index (χ1) is 6.79. The molecule has 0 aromatic rings. The van der Waals surface area contributed by atoms with Crippen molar-refractivity contribution in [2.24, 2.45) is 0 Å². The number of amides is 1. The predicted molar refractivity (Wildman–Crippen MR) is 56.5 cm³/mol. The van der Waals surface area contributed by atoms with E-state index in [0.717, 1.165) is 0 Å². The number of likely N-dealkylation sites (tertiary alicyclic amines) is 1. The fraction of sp³-hybridized carbons (Fsp3) is 0.727. The second-order valence-corrected chi connectivity index (χ2v) is 4.80. The molecule has 0 bridgehead atoms. The second kappa shape index (κ2) is 4.21. The summed E-state index contributed by atoms with van der Waals surface area (Å²) in [6.07, 6.45) is -1.05. The molecule has 1 atom stereocenters. The molecule has 1 aliphatic heterocycles. The van der Waals surface area contributed by atoms with Gasteiger partial charge in [-0.15, -0.1) is 0 Å². The number of ether oxygens (including phenoxy) is 1. The highest BCUT2D eigenvalue weighted by Gasteiger charge is 2.28. The highest BCUT2D eigenvalue weighted by atomic mass is 19.1. The van der Waals surface area contributed by atoms with Crippen molar-refractivity contribution in [3.63, 3.8) is 0 Å². The number of hydrogen-bond acceptors (Lipinski definition) is 2. The van der Waals surface area contributed by atoms with Crippen LogP contribution in [0.2, 0.25) is 0 Å². The lowest BCUT2D eigenvalue weighted by atomic mass is 10.0. The summed E-state index contributed by atoms with van der Waals surface area (Å²) in [6.45, 7) is 9.54. The van der Waals surface area contributed by atoms with Crippen LogP contribution in [0.1, 0.15) is 27.2 Å². The minimum atomic E-state index is -1.12. The summed E-state index contributed by atoms with van der Waals surface area (Å²) in [6, 6.07) is 0. The summed E-state index contributed by atoms with van der Waals surface area (Å²) in [5, 5.41) is 0. The number of carbonyl (C=O) groups is 1. The van der Waals surface area contributed by atoms with Crippen LogP contribution in [0.15, 0.2) is 12.2 Å². The molecule has 4 heteroatoms. The van der Waals surface area contributed by atoms with Crippen molar-refractivity contribution in [2.45, 2.75) is 39.0 Å². The van der Waals surface area contributed by atoms with E-state index < -0.39 is 17.9 Å². The van der Waals surface area contributed by atoms with Crippen LogP contribution in [0.25, 0.3) is 0 Å². The van der Waals surface area contributed by atoms with Gasteiger partial charge in [0.1, 0.15) is 11.8 Å². The van der Waals surface area contributed by atoms with E-state index in [0.29, 0.717) is 18.5 Å². The zero-order chi connectivity index (χ0) is 11.6. The molecule has 1 fully saturated rings. The Hall–Kier alpha value is -1.06. The van der Waals surface area contributed by atoms with Crippen molar-refractivity contribution in [1.82, 2.24) is 4.90 Å². The Labute approximate surface area is 89.9 Å². The van der Waals surface area contributed by atoms with E-state index in [4.69, 9.17) is 4.74 Å². The van der Waals surface area contributed by atoms with E-state index in [1.54, 1.807) is 20.8 Å². The average molecular weight is 215 g/mol. The number of alkyl halides is 1. The van der Waals surface area contributed by atoms with Crippen LogP contribution in [-0.2, 0) is 4.74 Å². The fourth-order valence-corrected chi connectivity index (χ4v) is 1.34. The highest BCUT2D eigenvalue weighted by Crippen LogP contribution is 2.20. The third-order valence-electron chi connectivity index (χ3n) is 2.18. The molecule has 1 rings (SSSR count). The van der Waals surface area contributed by atoms with Gasteiger partial charge in [0, 0.05) is 6.54 Å². The molecule has 1 amide bonds. The molecular weight excluding hydrogens is 197 g/mol. The molecule has 0 aromatic heterocycles. The number of piperidine rings is 1. The fourth-order valence-electron chi connectivity index (χ4n) is 1.34. The van der Waals surface area contributed by atoms with Crippen LogP contribution in [0.3, 0.4) is 0 Å². The van der Waals surface area contributed by atoms with Crippen molar-refractivity contribution >= 4 is 6.09 Å². The Morgan fingerprint density at radius 2 is 2.20 bits per heavy atom. The van der Waals surface area contributed by atoms with E-state index in [1.807, 2.05) is 0 Å². The molecule has 3 nitrogen and oxygen atoms in total. The molecule has 0 saturated carbocycles. The zero-order valence-corrected chi connectivity index (χ0v) is 9.55. The Bertz CT molecular complexity index is 270. The van der Waals surface area contributed by atoms with E-state index >= 15 is 0 Å². The van der Waals surface area contributed by atoms with Gasteiger partial charge in [0.25, 0.3) is 0 Å². The molecule has 0 unspecified atom stereocenters. The lowest BCUT2D eigenvalue weighted by Crippen LogP contribution is -2.44. The number of nitrogens with zero attached hydrogens (tertiary/aromatic N) is 1. The Kier molecular flexibility index (Phi) is 3.37. The van der Waals surface area contributed by atoms with Crippen molar-refractivity contribution in [2.75, 3.05) is 13.1 Å². The Morgan fingerprint density at radius 1 is 1.60 bits per heavy atom. The largest absolute Gasteiger partial charge is 0.444 e. The molecule has 0 N–H and O–H groups in total. The van der Waals surface area contributed by atoms with Crippen molar-refractivity contribution in [3.05, 3.63) is 12.2 Å². The molecule has 1 saturated heterocycles. The summed E-state index contributed by atoms with van der Waals surface area (Å²) >= 11 is 0. The van der Waals surface area contributed by atoms with Gasteiger partial charge in [-0.1, -0.05) is 6.58 Å². The van der Waals surface area contributed by atoms with Crippen LogP contribution in [0, 0.1) is 0 Å². The summed E-state index contributed by atoms with van der Waals surface area (Å²) in [5.41, 5.74) is 0.0342. The van der Waals surface area contributed by atoms with Gasteiger partial charge in [-0.3, -0.25) is 0 Å². The van der Waals surface area contributed by atoms with Gasteiger partial charge < -0.3 is 9.64 Å². The highest BCUT2D eigenvalue weighted by molar-refractivity contribution is 5.68. The topological polar surface area (TPSA) is 29.5 Å². The zero-order valence-electron chi connectivity index (χ0n) is 9.55. The van der Waals surface area contributed by atoms with Gasteiger partial charge in [0.2, 0.25) is 0 Å². The van der Waals surface area contributed by atoms with Gasteiger partial charge in [-0.05, 0) is 32.8 Å². The Morgan fingerprint density at radius 3 is 2.67 bits per heavy atom. The van der Waals surface area contributed by atoms with Crippen molar-refractivity contribution < 1.29 is 13.9 Å². The third kappa shape index (κ3) is 3.53. The Balaban J connectivity index is 2.51. The molecule has 1 heterocycles. The first-order valence-corrected chi connectivity index (χ1v) is 5.09. The van der Waals surface area contributed by atoms with Crippen LogP contribution < -0.4 is 0 Å².